The number of urea groups is 1. The third-order valence-corrected chi connectivity index (χ3v) is 5.71. The van der Waals surface area contributed by atoms with E-state index >= 15 is 0 Å². The van der Waals surface area contributed by atoms with Crippen LogP contribution < -0.4 is 16.4 Å². The number of anilines is 3. The first kappa shape index (κ1) is 23.2. The van der Waals surface area contributed by atoms with E-state index in [2.05, 4.69) is 20.6 Å². The lowest BCUT2D eigenvalue weighted by molar-refractivity contribution is 0.104. The van der Waals surface area contributed by atoms with Crippen molar-refractivity contribution in [3.63, 3.8) is 0 Å². The minimum absolute atomic E-state index is 0.0209. The first-order valence-corrected chi connectivity index (χ1v) is 10.8. The van der Waals surface area contributed by atoms with E-state index in [4.69, 9.17) is 17.3 Å². The molecule has 0 aliphatic rings. The molecule has 10 heteroatoms. The molecule has 2 amide bonds. The number of fused-ring (bicyclic) bond motifs is 1. The summed E-state index contributed by atoms with van der Waals surface area (Å²) in [6.07, 6.45) is 3.02. The monoisotopic (exact) mass is 480 g/mol. The molecule has 174 valence electrons. The lowest BCUT2D eigenvalue weighted by Crippen LogP contribution is -2.20. The molecule has 0 aliphatic carbocycles. The van der Waals surface area contributed by atoms with Gasteiger partial charge in [-0.15, -0.1) is 0 Å². The Labute approximate surface area is 200 Å². The minimum atomic E-state index is -0.704. The molecule has 4 rings (SSSR count). The number of aromatic nitrogens is 3. The Hall–Kier alpha value is -3.98. The Morgan fingerprint density at radius 3 is 2.56 bits per heavy atom. The normalized spacial score (nSPS) is 11.1. The molecule has 0 radical (unpaired) electrons. The van der Waals surface area contributed by atoms with E-state index in [1.807, 2.05) is 18.4 Å². The van der Waals surface area contributed by atoms with Gasteiger partial charge in [-0.1, -0.05) is 23.7 Å². The first-order chi connectivity index (χ1) is 16.2. The number of benzene rings is 2. The smallest absolute Gasteiger partial charge is 0.323 e. The zero-order valence-corrected chi connectivity index (χ0v) is 19.4. The van der Waals surface area contributed by atoms with Gasteiger partial charge in [-0.05, 0) is 50.6 Å². The number of aryl methyl sites for hydroxylation is 1. The third kappa shape index (κ3) is 4.29. The molecule has 0 unspecified atom stereocenters. The van der Waals surface area contributed by atoms with Crippen molar-refractivity contribution in [2.75, 3.05) is 16.4 Å². The lowest BCUT2D eigenvalue weighted by atomic mass is 10.0. The topological polar surface area (TPSA) is 115 Å². The number of nitrogens with zero attached hydrogens (tertiary/aromatic N) is 3. The fourth-order valence-electron chi connectivity index (χ4n) is 3.63. The van der Waals surface area contributed by atoms with Gasteiger partial charge in [0.05, 0.1) is 27.3 Å². The molecule has 4 N–H and O–H groups in total. The van der Waals surface area contributed by atoms with E-state index in [1.54, 1.807) is 37.4 Å². The van der Waals surface area contributed by atoms with Crippen molar-refractivity contribution in [3.8, 4) is 0 Å². The highest BCUT2D eigenvalue weighted by Gasteiger charge is 2.24. The van der Waals surface area contributed by atoms with Gasteiger partial charge in [-0.3, -0.25) is 4.79 Å². The van der Waals surface area contributed by atoms with Crippen LogP contribution in [0.15, 0.2) is 48.9 Å². The van der Waals surface area contributed by atoms with Crippen LogP contribution in [-0.2, 0) is 0 Å². The number of carbonyl (C=O) groups excluding carboxylic acids is 2. The van der Waals surface area contributed by atoms with E-state index < -0.39 is 17.6 Å². The highest BCUT2D eigenvalue weighted by Crippen LogP contribution is 2.33. The van der Waals surface area contributed by atoms with Gasteiger partial charge in [0.2, 0.25) is 0 Å². The average molecular weight is 481 g/mol. The van der Waals surface area contributed by atoms with Crippen LogP contribution in [0.2, 0.25) is 5.02 Å². The van der Waals surface area contributed by atoms with Gasteiger partial charge < -0.3 is 20.9 Å². The highest BCUT2D eigenvalue weighted by molar-refractivity contribution is 6.38. The van der Waals surface area contributed by atoms with Gasteiger partial charge in [0.25, 0.3) is 0 Å². The van der Waals surface area contributed by atoms with Crippen LogP contribution >= 0.6 is 11.6 Å². The second kappa shape index (κ2) is 9.11. The van der Waals surface area contributed by atoms with Gasteiger partial charge in [-0.2, -0.15) is 0 Å². The van der Waals surface area contributed by atoms with Gasteiger partial charge >= 0.3 is 6.03 Å². The van der Waals surface area contributed by atoms with Gasteiger partial charge in [0.15, 0.2) is 5.78 Å². The number of nitrogen functional groups attached to an aromatic ring is 1. The second-order valence-electron chi connectivity index (χ2n) is 8.06. The van der Waals surface area contributed by atoms with Crippen molar-refractivity contribution >= 4 is 51.6 Å². The number of ketones is 1. The first-order valence-electron chi connectivity index (χ1n) is 10.5. The summed E-state index contributed by atoms with van der Waals surface area (Å²) in [5.41, 5.74) is 8.07. The molecular formula is C24H22ClFN6O2. The van der Waals surface area contributed by atoms with E-state index in [0.717, 1.165) is 5.56 Å². The highest BCUT2D eigenvalue weighted by atomic mass is 35.5. The molecule has 0 fully saturated rings. The molecule has 2 aromatic carbocycles. The molecule has 0 saturated carbocycles. The maximum atomic E-state index is 14.0. The summed E-state index contributed by atoms with van der Waals surface area (Å²) in [6, 6.07) is 8.36. The molecule has 4 aromatic rings. The van der Waals surface area contributed by atoms with Crippen molar-refractivity contribution < 1.29 is 14.0 Å². The largest absolute Gasteiger partial charge is 0.383 e. The van der Waals surface area contributed by atoms with E-state index in [1.165, 1.54) is 18.5 Å². The van der Waals surface area contributed by atoms with Crippen molar-refractivity contribution in [2.45, 2.75) is 26.8 Å². The molecular weight excluding hydrogens is 459 g/mol. The fourth-order valence-corrected chi connectivity index (χ4v) is 3.89. The summed E-state index contributed by atoms with van der Waals surface area (Å²) in [6.45, 7) is 5.70. The van der Waals surface area contributed by atoms with Crippen LogP contribution in [-0.4, -0.2) is 26.3 Å². The van der Waals surface area contributed by atoms with Crippen molar-refractivity contribution in [3.05, 3.63) is 76.5 Å². The molecule has 0 saturated heterocycles. The number of rotatable bonds is 5. The van der Waals surface area contributed by atoms with Crippen LogP contribution in [0.5, 0.6) is 0 Å². The number of nitrogens with one attached hydrogen (secondary N) is 2. The van der Waals surface area contributed by atoms with Crippen LogP contribution in [0.4, 0.5) is 26.4 Å². The molecule has 0 aliphatic heterocycles. The van der Waals surface area contributed by atoms with Crippen molar-refractivity contribution in [1.82, 2.24) is 14.5 Å². The third-order valence-electron chi connectivity index (χ3n) is 5.30. The fraction of sp³-hybridized carbons (Fsp3) is 0.167. The zero-order chi connectivity index (χ0) is 24.6. The Bertz CT molecular complexity index is 1430. The minimum Gasteiger partial charge on any atom is -0.383 e. The number of hydrogen-bond acceptors (Lipinski definition) is 5. The van der Waals surface area contributed by atoms with Crippen molar-refractivity contribution in [1.29, 1.82) is 0 Å². The maximum Gasteiger partial charge on any atom is 0.323 e. The summed E-state index contributed by atoms with van der Waals surface area (Å²) in [5, 5.41) is 5.49. The maximum absolute atomic E-state index is 14.0. The summed E-state index contributed by atoms with van der Waals surface area (Å²) in [5.74, 6) is -0.792. The Morgan fingerprint density at radius 1 is 1.09 bits per heavy atom. The number of amides is 2. The van der Waals surface area contributed by atoms with Gasteiger partial charge in [0, 0.05) is 17.8 Å². The number of halogens is 2. The summed E-state index contributed by atoms with van der Waals surface area (Å²) in [4.78, 5) is 34.3. The molecule has 8 nitrogen and oxygen atoms in total. The van der Waals surface area contributed by atoms with E-state index in [0.29, 0.717) is 16.6 Å². The van der Waals surface area contributed by atoms with Crippen molar-refractivity contribution in [2.24, 2.45) is 0 Å². The second-order valence-corrected chi connectivity index (χ2v) is 8.44. The molecule has 2 heterocycles. The molecule has 0 bridgehead atoms. The van der Waals surface area contributed by atoms with Crippen LogP contribution in [0.1, 0.15) is 41.4 Å². The quantitative estimate of drug-likeness (QED) is 0.323. The Balaban J connectivity index is 1.67. The average Bonchev–Trinajstić information content (AvgIpc) is 3.19. The van der Waals surface area contributed by atoms with E-state index in [-0.39, 0.29) is 33.8 Å². The molecule has 34 heavy (non-hydrogen) atoms. The summed E-state index contributed by atoms with van der Waals surface area (Å²) < 4.78 is 15.8. The Kier molecular flexibility index (Phi) is 6.21. The molecule has 0 spiro atoms. The standard InChI is InChI=1S/C24H22ClFN6O2/c1-12(2)32-10-15(19-22(27)28-11-29-23(19)32)21(33)14-5-4-6-17(20(14)25)30-24(34)31-18-9-13(3)7-8-16(18)26/h4-12H,1-3H3,(H2,27,28,29)(H2,30,31,34). The number of hydrogen-bond donors (Lipinski definition) is 3. The van der Waals surface area contributed by atoms with Gasteiger partial charge in [0.1, 0.15) is 23.6 Å². The predicted octanol–water partition coefficient (Wildman–Crippen LogP) is 5.57. The number of nitrogens with two attached hydrogens (primary N) is 1. The van der Waals surface area contributed by atoms with Crippen LogP contribution in [0, 0.1) is 12.7 Å². The zero-order valence-electron chi connectivity index (χ0n) is 18.7. The van der Waals surface area contributed by atoms with Crippen LogP contribution in [0.3, 0.4) is 0 Å². The summed E-state index contributed by atoms with van der Waals surface area (Å²) >= 11 is 6.51. The molecule has 0 atom stereocenters. The molecule has 2 aromatic heterocycles. The van der Waals surface area contributed by atoms with E-state index in [9.17, 15) is 14.0 Å². The lowest BCUT2D eigenvalue weighted by Gasteiger charge is -2.12. The summed E-state index contributed by atoms with van der Waals surface area (Å²) in [7, 11) is 0. The van der Waals surface area contributed by atoms with Crippen LogP contribution in [0.25, 0.3) is 11.0 Å². The SMILES string of the molecule is Cc1ccc(F)c(NC(=O)Nc2cccc(C(=O)c3cn(C(C)C)c4ncnc(N)c34)c2Cl)c1. The van der Waals surface area contributed by atoms with Gasteiger partial charge in [-0.25, -0.2) is 19.2 Å². The number of carbonyl (C=O) groups is 2. The Morgan fingerprint density at radius 2 is 1.82 bits per heavy atom. The predicted molar refractivity (Wildman–Crippen MR) is 131 cm³/mol.